The van der Waals surface area contributed by atoms with Crippen LogP contribution in [0, 0.1) is 10.1 Å². The van der Waals surface area contributed by atoms with Crippen LogP contribution in [0.4, 0.5) is 5.69 Å². The number of carbonyl (C=O) groups excluding carboxylic acids is 1. The van der Waals surface area contributed by atoms with Crippen LogP contribution >= 0.6 is 0 Å². The molecule has 0 unspecified atom stereocenters. The summed E-state index contributed by atoms with van der Waals surface area (Å²) in [7, 11) is 0. The Morgan fingerprint density at radius 2 is 2.06 bits per heavy atom. The molecule has 0 aliphatic heterocycles. The first-order valence-electron chi connectivity index (χ1n) is 4.54. The molecule has 17 heavy (non-hydrogen) atoms. The fraction of sp³-hybridized carbons (Fsp3) is 0. The number of ketones is 1. The number of aromatic amines is 1. The number of nitro groups is 1. The predicted octanol–water partition coefficient (Wildman–Crippen LogP) is 1.34. The molecule has 0 bridgehead atoms. The molecule has 7 heteroatoms. The van der Waals surface area contributed by atoms with E-state index in [0.29, 0.717) is 0 Å². The SMILES string of the molecule is O=C(O)C(=O)c1c[nH]c2c([N+](=O)[O-])cccc12. The van der Waals surface area contributed by atoms with E-state index in [9.17, 15) is 19.7 Å². The lowest BCUT2D eigenvalue weighted by Crippen LogP contribution is -2.11. The van der Waals surface area contributed by atoms with E-state index in [1.807, 2.05) is 0 Å². The van der Waals surface area contributed by atoms with Crippen molar-refractivity contribution in [2.75, 3.05) is 0 Å². The average Bonchev–Trinajstić information content (AvgIpc) is 2.70. The van der Waals surface area contributed by atoms with Gasteiger partial charge in [0, 0.05) is 17.6 Å². The quantitative estimate of drug-likeness (QED) is 0.360. The number of nitro benzene ring substituents is 1. The van der Waals surface area contributed by atoms with Gasteiger partial charge in [0.1, 0.15) is 5.52 Å². The van der Waals surface area contributed by atoms with Gasteiger partial charge in [-0.1, -0.05) is 12.1 Å². The summed E-state index contributed by atoms with van der Waals surface area (Å²) >= 11 is 0. The smallest absolute Gasteiger partial charge is 0.377 e. The number of para-hydroxylation sites is 1. The van der Waals surface area contributed by atoms with E-state index in [0.717, 1.165) is 6.20 Å². The molecule has 2 N–H and O–H groups in total. The standard InChI is InChI=1S/C10H6N2O5/c13-9(10(14)15)6-4-11-8-5(6)2-1-3-7(8)12(16)17/h1-4,11H,(H,14,15). The van der Waals surface area contributed by atoms with Gasteiger partial charge in [-0.2, -0.15) is 0 Å². The van der Waals surface area contributed by atoms with Crippen molar-refractivity contribution in [2.24, 2.45) is 0 Å². The third-order valence-corrected chi connectivity index (χ3v) is 2.33. The van der Waals surface area contributed by atoms with Gasteiger partial charge in [-0.15, -0.1) is 0 Å². The molecule has 0 aliphatic rings. The van der Waals surface area contributed by atoms with E-state index in [1.165, 1.54) is 18.2 Å². The molecule has 7 nitrogen and oxygen atoms in total. The van der Waals surface area contributed by atoms with Crippen molar-refractivity contribution in [1.82, 2.24) is 4.98 Å². The van der Waals surface area contributed by atoms with Crippen LogP contribution in [0.15, 0.2) is 24.4 Å². The number of H-pyrrole nitrogens is 1. The van der Waals surface area contributed by atoms with Crippen molar-refractivity contribution >= 4 is 28.3 Å². The number of rotatable bonds is 3. The van der Waals surface area contributed by atoms with Crippen molar-refractivity contribution in [1.29, 1.82) is 0 Å². The summed E-state index contributed by atoms with van der Waals surface area (Å²) in [5.74, 6) is -2.70. The first kappa shape index (κ1) is 10.8. The monoisotopic (exact) mass is 234 g/mol. The molecular formula is C10H6N2O5. The minimum Gasteiger partial charge on any atom is -0.475 e. The normalized spacial score (nSPS) is 10.4. The van der Waals surface area contributed by atoms with Gasteiger partial charge in [-0.3, -0.25) is 14.9 Å². The molecule has 0 aliphatic carbocycles. The summed E-state index contributed by atoms with van der Waals surface area (Å²) in [5, 5.41) is 19.5. The fourth-order valence-electron chi connectivity index (χ4n) is 1.59. The number of aromatic nitrogens is 1. The first-order chi connectivity index (χ1) is 8.02. The lowest BCUT2D eigenvalue weighted by atomic mass is 10.1. The number of carboxylic acids is 1. The highest BCUT2D eigenvalue weighted by Crippen LogP contribution is 2.27. The third kappa shape index (κ3) is 1.63. The van der Waals surface area contributed by atoms with Crippen LogP contribution in [0.1, 0.15) is 10.4 Å². The van der Waals surface area contributed by atoms with E-state index < -0.39 is 16.7 Å². The van der Waals surface area contributed by atoms with Crippen LogP contribution in [0.3, 0.4) is 0 Å². The Morgan fingerprint density at radius 3 is 2.65 bits per heavy atom. The zero-order valence-electron chi connectivity index (χ0n) is 8.34. The highest BCUT2D eigenvalue weighted by Gasteiger charge is 2.22. The molecule has 86 valence electrons. The molecular weight excluding hydrogens is 228 g/mol. The summed E-state index contributed by atoms with van der Waals surface area (Å²) in [6, 6.07) is 4.12. The molecule has 0 fully saturated rings. The molecule has 0 saturated carbocycles. The number of nitrogens with zero attached hydrogens (tertiary/aromatic N) is 1. The Bertz CT molecular complexity index is 643. The second-order valence-corrected chi connectivity index (χ2v) is 3.29. The molecule has 1 heterocycles. The van der Waals surface area contributed by atoms with E-state index in [1.54, 1.807) is 0 Å². The molecule has 0 radical (unpaired) electrons. The third-order valence-electron chi connectivity index (χ3n) is 2.33. The van der Waals surface area contributed by atoms with Crippen LogP contribution < -0.4 is 0 Å². The highest BCUT2D eigenvalue weighted by atomic mass is 16.6. The van der Waals surface area contributed by atoms with Crippen LogP contribution in [0.5, 0.6) is 0 Å². The summed E-state index contributed by atoms with van der Waals surface area (Å²) in [4.78, 5) is 34.5. The number of hydrogen-bond acceptors (Lipinski definition) is 4. The maximum Gasteiger partial charge on any atom is 0.377 e. The highest BCUT2D eigenvalue weighted by molar-refractivity contribution is 6.42. The molecule has 1 aromatic carbocycles. The Balaban J connectivity index is 2.71. The summed E-state index contributed by atoms with van der Waals surface area (Å²) < 4.78 is 0. The number of benzene rings is 1. The molecule has 0 atom stereocenters. The topological polar surface area (TPSA) is 113 Å². The Labute approximate surface area is 93.8 Å². The van der Waals surface area contributed by atoms with Gasteiger partial charge in [-0.05, 0) is 0 Å². The summed E-state index contributed by atoms with van der Waals surface area (Å²) in [5.41, 5.74) is -0.148. The van der Waals surface area contributed by atoms with Crippen LogP contribution in [0.25, 0.3) is 10.9 Å². The van der Waals surface area contributed by atoms with Crippen molar-refractivity contribution in [3.8, 4) is 0 Å². The van der Waals surface area contributed by atoms with E-state index in [4.69, 9.17) is 5.11 Å². The van der Waals surface area contributed by atoms with Gasteiger partial charge in [-0.25, -0.2) is 4.79 Å². The Morgan fingerprint density at radius 1 is 1.35 bits per heavy atom. The number of Topliss-reactive ketones (excluding diaryl/α,β-unsaturated/α-hetero) is 1. The Kier molecular flexibility index (Phi) is 2.36. The lowest BCUT2D eigenvalue weighted by Gasteiger charge is -1.95. The number of aliphatic carboxylic acids is 1. The van der Waals surface area contributed by atoms with E-state index in [-0.39, 0.29) is 22.2 Å². The van der Waals surface area contributed by atoms with Crippen molar-refractivity contribution in [3.63, 3.8) is 0 Å². The van der Waals surface area contributed by atoms with Crippen molar-refractivity contribution in [2.45, 2.75) is 0 Å². The number of fused-ring (bicyclic) bond motifs is 1. The maximum atomic E-state index is 11.3. The fourth-order valence-corrected chi connectivity index (χ4v) is 1.59. The van der Waals surface area contributed by atoms with Crippen LogP contribution in [-0.4, -0.2) is 26.8 Å². The minimum absolute atomic E-state index is 0.0869. The van der Waals surface area contributed by atoms with E-state index >= 15 is 0 Å². The number of carbonyl (C=O) groups is 2. The number of non-ortho nitro benzene ring substituents is 1. The zero-order chi connectivity index (χ0) is 12.6. The van der Waals surface area contributed by atoms with Gasteiger partial charge in [0.2, 0.25) is 0 Å². The van der Waals surface area contributed by atoms with Gasteiger partial charge in [0.05, 0.1) is 10.5 Å². The van der Waals surface area contributed by atoms with Crippen LogP contribution in [-0.2, 0) is 4.79 Å². The molecule has 1 aromatic heterocycles. The van der Waals surface area contributed by atoms with Gasteiger partial charge in [0.15, 0.2) is 0 Å². The average molecular weight is 234 g/mol. The molecule has 2 aromatic rings. The van der Waals surface area contributed by atoms with Gasteiger partial charge in [0.25, 0.3) is 11.5 Å². The lowest BCUT2D eigenvalue weighted by molar-refractivity contribution is -0.383. The number of nitrogens with one attached hydrogen (secondary N) is 1. The first-order valence-corrected chi connectivity index (χ1v) is 4.54. The predicted molar refractivity (Wildman–Crippen MR) is 56.9 cm³/mol. The number of carboxylic acid groups (broad SMARTS) is 1. The van der Waals surface area contributed by atoms with Crippen LogP contribution in [0.2, 0.25) is 0 Å². The van der Waals surface area contributed by atoms with Gasteiger partial charge >= 0.3 is 5.97 Å². The van der Waals surface area contributed by atoms with Gasteiger partial charge < -0.3 is 10.1 Å². The molecule has 0 saturated heterocycles. The minimum atomic E-state index is -1.60. The zero-order valence-corrected chi connectivity index (χ0v) is 8.34. The maximum absolute atomic E-state index is 11.3. The largest absolute Gasteiger partial charge is 0.475 e. The second kappa shape index (κ2) is 3.71. The Hall–Kier alpha value is -2.70. The van der Waals surface area contributed by atoms with Crippen molar-refractivity contribution < 1.29 is 19.6 Å². The second-order valence-electron chi connectivity index (χ2n) is 3.29. The molecule has 0 amide bonds. The van der Waals surface area contributed by atoms with Crippen molar-refractivity contribution in [3.05, 3.63) is 40.1 Å². The molecule has 0 spiro atoms. The summed E-state index contributed by atoms with van der Waals surface area (Å²) in [6.07, 6.45) is 1.16. The van der Waals surface area contributed by atoms with E-state index in [2.05, 4.69) is 4.98 Å². The number of hydrogen-bond donors (Lipinski definition) is 2. The molecule has 2 rings (SSSR count). The summed E-state index contributed by atoms with van der Waals surface area (Å²) in [6.45, 7) is 0.